The van der Waals surface area contributed by atoms with E-state index in [1.165, 1.54) is 4.40 Å². The SMILES string of the molecule is Cn1c(C(=O)NC(c2ccccc2)c2ccccc2)cc2c(=O)n3ccccc3nc21. The first kappa shape index (κ1) is 18.8. The maximum Gasteiger partial charge on any atom is 0.268 e. The molecule has 0 saturated heterocycles. The van der Waals surface area contributed by atoms with Crippen molar-refractivity contribution in [3.05, 3.63) is 118 Å². The molecule has 5 rings (SSSR count). The van der Waals surface area contributed by atoms with E-state index in [0.29, 0.717) is 22.4 Å². The summed E-state index contributed by atoms with van der Waals surface area (Å²) >= 11 is 0. The van der Waals surface area contributed by atoms with Crippen molar-refractivity contribution in [2.75, 3.05) is 0 Å². The number of nitrogens with zero attached hydrogens (tertiary/aromatic N) is 3. The minimum absolute atomic E-state index is 0.196. The summed E-state index contributed by atoms with van der Waals surface area (Å²) in [5.41, 5.74) is 3.16. The molecule has 0 bridgehead atoms. The maximum absolute atomic E-state index is 13.3. The van der Waals surface area contributed by atoms with Gasteiger partial charge in [0.25, 0.3) is 11.5 Å². The number of nitrogens with one attached hydrogen (secondary N) is 1. The molecule has 3 aromatic heterocycles. The summed E-state index contributed by atoms with van der Waals surface area (Å²) in [6.07, 6.45) is 1.68. The summed E-state index contributed by atoms with van der Waals surface area (Å²) in [5.74, 6) is -0.272. The number of fused-ring (bicyclic) bond motifs is 2. The fraction of sp³-hybridized carbons (Fsp3) is 0.0800. The van der Waals surface area contributed by atoms with Crippen LogP contribution in [-0.4, -0.2) is 19.9 Å². The highest BCUT2D eigenvalue weighted by Gasteiger charge is 2.22. The smallest absolute Gasteiger partial charge is 0.268 e. The third-order valence-corrected chi connectivity index (χ3v) is 5.48. The molecule has 3 heterocycles. The molecular weight excluding hydrogens is 388 g/mol. The molecule has 6 heteroatoms. The summed E-state index contributed by atoms with van der Waals surface area (Å²) in [5, 5.41) is 3.54. The van der Waals surface area contributed by atoms with E-state index in [1.54, 1.807) is 36.0 Å². The third-order valence-electron chi connectivity index (χ3n) is 5.48. The molecular formula is C25H20N4O2. The monoisotopic (exact) mass is 408 g/mol. The van der Waals surface area contributed by atoms with Gasteiger partial charge in [0.05, 0.1) is 11.4 Å². The second kappa shape index (κ2) is 7.57. The quantitative estimate of drug-likeness (QED) is 0.493. The van der Waals surface area contributed by atoms with Crippen molar-refractivity contribution < 1.29 is 4.79 Å². The van der Waals surface area contributed by atoms with Gasteiger partial charge in [-0.1, -0.05) is 66.7 Å². The minimum Gasteiger partial charge on any atom is -0.340 e. The Kier molecular flexibility index (Phi) is 4.59. The predicted octanol–water partition coefficient (Wildman–Crippen LogP) is 3.71. The molecule has 1 amide bonds. The lowest BCUT2D eigenvalue weighted by Gasteiger charge is -2.20. The molecule has 5 aromatic rings. The van der Waals surface area contributed by atoms with Gasteiger partial charge < -0.3 is 9.88 Å². The van der Waals surface area contributed by atoms with Crippen LogP contribution in [0.3, 0.4) is 0 Å². The van der Waals surface area contributed by atoms with Gasteiger partial charge in [-0.2, -0.15) is 0 Å². The van der Waals surface area contributed by atoms with E-state index < -0.39 is 0 Å². The van der Waals surface area contributed by atoms with Gasteiger partial charge in [-0.15, -0.1) is 0 Å². The molecule has 0 fully saturated rings. The third kappa shape index (κ3) is 3.28. The number of carbonyl (C=O) groups is 1. The first-order valence-corrected chi connectivity index (χ1v) is 10.0. The number of aryl methyl sites for hydroxylation is 1. The fourth-order valence-electron chi connectivity index (χ4n) is 3.89. The summed E-state index contributed by atoms with van der Waals surface area (Å²) in [6.45, 7) is 0. The zero-order chi connectivity index (χ0) is 21.4. The number of benzene rings is 2. The second-order valence-corrected chi connectivity index (χ2v) is 7.40. The van der Waals surface area contributed by atoms with Crippen LogP contribution in [0.4, 0.5) is 0 Å². The Hall–Kier alpha value is -4.19. The van der Waals surface area contributed by atoms with Crippen molar-refractivity contribution in [1.29, 1.82) is 0 Å². The van der Waals surface area contributed by atoms with Crippen molar-refractivity contribution in [2.24, 2.45) is 7.05 Å². The molecule has 0 aliphatic rings. The molecule has 2 aromatic carbocycles. The Morgan fingerprint density at radius 3 is 2.16 bits per heavy atom. The first-order chi connectivity index (χ1) is 15.1. The van der Waals surface area contributed by atoms with E-state index in [4.69, 9.17) is 0 Å². The molecule has 0 spiro atoms. The number of rotatable bonds is 4. The molecule has 0 aliphatic carbocycles. The Morgan fingerprint density at radius 2 is 1.52 bits per heavy atom. The van der Waals surface area contributed by atoms with Crippen molar-refractivity contribution in [1.82, 2.24) is 19.3 Å². The van der Waals surface area contributed by atoms with E-state index in [1.807, 2.05) is 66.7 Å². The summed E-state index contributed by atoms with van der Waals surface area (Å²) in [6, 6.07) is 26.3. The number of carbonyl (C=O) groups excluding carboxylic acids is 1. The average Bonchev–Trinajstić information content (AvgIpc) is 3.15. The predicted molar refractivity (Wildman–Crippen MR) is 120 cm³/mol. The normalized spacial score (nSPS) is 11.3. The number of aromatic nitrogens is 3. The lowest BCUT2D eigenvalue weighted by molar-refractivity contribution is 0.0935. The van der Waals surface area contributed by atoms with E-state index in [2.05, 4.69) is 10.3 Å². The van der Waals surface area contributed by atoms with Gasteiger partial charge in [0.1, 0.15) is 17.0 Å². The maximum atomic E-state index is 13.3. The average molecular weight is 408 g/mol. The van der Waals surface area contributed by atoms with Crippen LogP contribution in [0.15, 0.2) is 95.9 Å². The lowest BCUT2D eigenvalue weighted by Crippen LogP contribution is -2.30. The van der Waals surface area contributed by atoms with Gasteiger partial charge in [-0.05, 0) is 29.3 Å². The number of hydrogen-bond donors (Lipinski definition) is 1. The van der Waals surface area contributed by atoms with E-state index in [9.17, 15) is 9.59 Å². The fourth-order valence-corrected chi connectivity index (χ4v) is 3.89. The highest BCUT2D eigenvalue weighted by molar-refractivity contribution is 5.98. The summed E-state index contributed by atoms with van der Waals surface area (Å²) in [4.78, 5) is 30.8. The highest BCUT2D eigenvalue weighted by atomic mass is 16.2. The second-order valence-electron chi connectivity index (χ2n) is 7.40. The van der Waals surface area contributed by atoms with Crippen molar-refractivity contribution in [3.8, 4) is 0 Å². The molecule has 0 aliphatic heterocycles. The molecule has 6 nitrogen and oxygen atoms in total. The summed E-state index contributed by atoms with van der Waals surface area (Å²) in [7, 11) is 1.75. The molecule has 152 valence electrons. The Balaban J connectivity index is 1.59. The number of pyridine rings is 1. The van der Waals surface area contributed by atoms with Crippen LogP contribution in [0.2, 0.25) is 0 Å². The molecule has 1 N–H and O–H groups in total. The van der Waals surface area contributed by atoms with E-state index in [-0.39, 0.29) is 17.5 Å². The Labute approximate surface area is 178 Å². The van der Waals surface area contributed by atoms with Crippen LogP contribution in [0, 0.1) is 0 Å². The van der Waals surface area contributed by atoms with Gasteiger partial charge in [0.2, 0.25) is 0 Å². The Bertz CT molecular complexity index is 1410. The largest absolute Gasteiger partial charge is 0.340 e. The molecule has 0 radical (unpaired) electrons. The highest BCUT2D eigenvalue weighted by Crippen LogP contribution is 2.23. The van der Waals surface area contributed by atoms with Gasteiger partial charge in [0.15, 0.2) is 0 Å². The molecule has 0 atom stereocenters. The van der Waals surface area contributed by atoms with Crippen molar-refractivity contribution in [2.45, 2.75) is 6.04 Å². The lowest BCUT2D eigenvalue weighted by atomic mass is 9.98. The van der Waals surface area contributed by atoms with Crippen LogP contribution in [0.25, 0.3) is 16.7 Å². The Morgan fingerprint density at radius 1 is 0.903 bits per heavy atom. The van der Waals surface area contributed by atoms with Crippen LogP contribution >= 0.6 is 0 Å². The molecule has 0 unspecified atom stereocenters. The zero-order valence-electron chi connectivity index (χ0n) is 16.9. The minimum atomic E-state index is -0.318. The number of amides is 1. The molecule has 31 heavy (non-hydrogen) atoms. The van der Waals surface area contributed by atoms with Crippen molar-refractivity contribution in [3.63, 3.8) is 0 Å². The van der Waals surface area contributed by atoms with Gasteiger partial charge in [-0.25, -0.2) is 4.98 Å². The van der Waals surface area contributed by atoms with Crippen LogP contribution in [-0.2, 0) is 7.05 Å². The standard InChI is InChI=1S/C25H20N4O2/c1-28-20(16-19-23(28)26-21-14-8-9-15-29(21)25(19)31)24(30)27-22(17-10-4-2-5-11-17)18-12-6-3-7-13-18/h2-16,22H,1H3,(H,27,30). The zero-order valence-corrected chi connectivity index (χ0v) is 16.9. The van der Waals surface area contributed by atoms with Gasteiger partial charge in [-0.3, -0.25) is 14.0 Å². The van der Waals surface area contributed by atoms with E-state index in [0.717, 1.165) is 11.1 Å². The summed E-state index contributed by atoms with van der Waals surface area (Å²) < 4.78 is 3.16. The van der Waals surface area contributed by atoms with Crippen molar-refractivity contribution >= 4 is 22.6 Å². The van der Waals surface area contributed by atoms with Gasteiger partial charge in [0, 0.05) is 13.2 Å². The molecule has 0 saturated carbocycles. The van der Waals surface area contributed by atoms with Crippen LogP contribution in [0.1, 0.15) is 27.7 Å². The first-order valence-electron chi connectivity index (χ1n) is 10.0. The van der Waals surface area contributed by atoms with E-state index >= 15 is 0 Å². The number of hydrogen-bond acceptors (Lipinski definition) is 3. The van der Waals surface area contributed by atoms with Crippen LogP contribution < -0.4 is 10.9 Å². The van der Waals surface area contributed by atoms with Crippen LogP contribution in [0.5, 0.6) is 0 Å². The van der Waals surface area contributed by atoms with Gasteiger partial charge >= 0.3 is 0 Å². The topological polar surface area (TPSA) is 68.4 Å².